The van der Waals surface area contributed by atoms with Gasteiger partial charge in [0.2, 0.25) is 0 Å². The molecule has 0 spiro atoms. The second-order valence-electron chi connectivity index (χ2n) is 3.60. The van der Waals surface area contributed by atoms with Crippen molar-refractivity contribution < 1.29 is 4.74 Å². The van der Waals surface area contributed by atoms with E-state index in [1.165, 1.54) is 12.8 Å². The third-order valence-electron chi connectivity index (χ3n) is 2.16. The lowest BCUT2D eigenvalue weighted by Crippen LogP contribution is -2.11. The summed E-state index contributed by atoms with van der Waals surface area (Å²) in [6, 6.07) is 2.22. The maximum absolute atomic E-state index is 8.67. The minimum absolute atomic E-state index is 0.159. The molecule has 4 heteroatoms. The molecule has 0 unspecified atom stereocenters. The monoisotopic (exact) mass is 223 g/mol. The first-order chi connectivity index (χ1) is 7.71. The molecule has 0 saturated heterocycles. The fourth-order valence-corrected chi connectivity index (χ4v) is 1.06. The van der Waals surface area contributed by atoms with E-state index in [2.05, 4.69) is 24.9 Å². The number of methoxy groups -OCH3 is 1. The normalized spacial score (nSPS) is 11.2. The second kappa shape index (κ2) is 8.93. The Kier molecular flexibility index (Phi) is 8.18. The predicted octanol–water partition coefficient (Wildman–Crippen LogP) is 2.77. The van der Waals surface area contributed by atoms with Gasteiger partial charge in [0.05, 0.1) is 25.2 Å². The summed E-state index contributed by atoms with van der Waals surface area (Å²) >= 11 is 0. The minimum Gasteiger partial charge on any atom is -0.383 e. The van der Waals surface area contributed by atoms with Crippen LogP contribution in [0.2, 0.25) is 0 Å². The van der Waals surface area contributed by atoms with Crippen LogP contribution in [-0.2, 0) is 4.74 Å². The number of hydrogen-bond donors (Lipinski definition) is 0. The van der Waals surface area contributed by atoms with Crippen molar-refractivity contribution in [3.63, 3.8) is 0 Å². The molecule has 0 aliphatic heterocycles. The van der Waals surface area contributed by atoms with E-state index in [0.29, 0.717) is 12.3 Å². The summed E-state index contributed by atoms with van der Waals surface area (Å²) in [4.78, 5) is 3.88. The van der Waals surface area contributed by atoms with Gasteiger partial charge in [-0.3, -0.25) is 0 Å². The van der Waals surface area contributed by atoms with Gasteiger partial charge in [-0.25, -0.2) is 4.98 Å². The van der Waals surface area contributed by atoms with Crippen LogP contribution in [-0.4, -0.2) is 23.3 Å². The smallest absolute Gasteiger partial charge is 0.140 e. The molecule has 0 bridgehead atoms. The molecule has 0 aliphatic carbocycles. The molecule has 90 valence electrons. The molecule has 16 heavy (non-hydrogen) atoms. The Labute approximate surface area is 97.9 Å². The summed E-state index contributed by atoms with van der Waals surface area (Å²) in [5.74, 6) is 0. The van der Waals surface area contributed by atoms with Gasteiger partial charge in [0.1, 0.15) is 11.8 Å². The molecule has 0 radical (unpaired) electrons. The summed E-state index contributed by atoms with van der Waals surface area (Å²) in [5, 5.41) is 8.67. The van der Waals surface area contributed by atoms with Crippen molar-refractivity contribution in [2.75, 3.05) is 13.7 Å². The first kappa shape index (κ1) is 14.7. The number of nitrogens with zero attached hydrogens (tertiary/aromatic N) is 3. The van der Waals surface area contributed by atoms with Crippen LogP contribution in [0.1, 0.15) is 45.3 Å². The number of nitriles is 1. The highest BCUT2D eigenvalue weighted by atomic mass is 16.5. The lowest BCUT2D eigenvalue weighted by atomic mass is 10.3. The molecule has 0 N–H and O–H groups in total. The van der Waals surface area contributed by atoms with E-state index in [0.717, 1.165) is 0 Å². The van der Waals surface area contributed by atoms with Crippen LogP contribution in [0.25, 0.3) is 0 Å². The molecule has 1 atom stereocenters. The molecule has 0 fully saturated rings. The van der Waals surface area contributed by atoms with Crippen molar-refractivity contribution >= 4 is 0 Å². The zero-order valence-corrected chi connectivity index (χ0v) is 10.6. The van der Waals surface area contributed by atoms with E-state index in [-0.39, 0.29) is 6.04 Å². The zero-order valence-electron chi connectivity index (χ0n) is 10.6. The highest BCUT2D eigenvalue weighted by Crippen LogP contribution is 2.08. The highest BCUT2D eigenvalue weighted by molar-refractivity contribution is 5.17. The Morgan fingerprint density at radius 3 is 2.56 bits per heavy atom. The molecule has 4 nitrogen and oxygen atoms in total. The van der Waals surface area contributed by atoms with Gasteiger partial charge in [-0.1, -0.05) is 26.7 Å². The maximum Gasteiger partial charge on any atom is 0.140 e. The Morgan fingerprint density at radius 2 is 2.12 bits per heavy atom. The summed E-state index contributed by atoms with van der Waals surface area (Å²) in [7, 11) is 1.64. The van der Waals surface area contributed by atoms with Gasteiger partial charge < -0.3 is 9.30 Å². The van der Waals surface area contributed by atoms with Gasteiger partial charge in [-0.15, -0.1) is 0 Å². The van der Waals surface area contributed by atoms with Crippen molar-refractivity contribution in [3.05, 3.63) is 18.2 Å². The van der Waals surface area contributed by atoms with Crippen LogP contribution in [0.4, 0.5) is 0 Å². The van der Waals surface area contributed by atoms with E-state index in [1.54, 1.807) is 24.2 Å². The van der Waals surface area contributed by atoms with E-state index >= 15 is 0 Å². The number of ether oxygens (including phenoxy) is 1. The molecule has 0 saturated carbocycles. The van der Waals surface area contributed by atoms with E-state index in [9.17, 15) is 0 Å². The molecule has 1 rings (SSSR count). The molecule has 0 aromatic carbocycles. The van der Waals surface area contributed by atoms with Crippen LogP contribution in [0.5, 0.6) is 0 Å². The van der Waals surface area contributed by atoms with Gasteiger partial charge in [-0.2, -0.15) is 5.26 Å². The Hall–Kier alpha value is -1.34. The Morgan fingerprint density at radius 1 is 1.50 bits per heavy atom. The standard InChI is InChI=1S/C8H11N3O.C4H10/c1-7(5-12-2)11-6-10-4-8(11)3-9;1-3-4-2/h4,6-7H,5H2,1-2H3;3-4H2,1-2H3/t7-;/m0./s1. The molecule has 0 amide bonds. The van der Waals surface area contributed by atoms with Crippen LogP contribution >= 0.6 is 0 Å². The zero-order chi connectivity index (χ0) is 12.4. The van der Waals surface area contributed by atoms with E-state index in [1.807, 2.05) is 6.92 Å². The van der Waals surface area contributed by atoms with Crippen molar-refractivity contribution in [1.82, 2.24) is 9.55 Å². The highest BCUT2D eigenvalue weighted by Gasteiger charge is 2.07. The predicted molar refractivity (Wildman–Crippen MR) is 64.1 cm³/mol. The topological polar surface area (TPSA) is 50.8 Å². The first-order valence-corrected chi connectivity index (χ1v) is 5.62. The third kappa shape index (κ3) is 4.94. The van der Waals surface area contributed by atoms with Gasteiger partial charge in [0.25, 0.3) is 0 Å². The van der Waals surface area contributed by atoms with Gasteiger partial charge in [0, 0.05) is 7.11 Å². The van der Waals surface area contributed by atoms with Crippen LogP contribution < -0.4 is 0 Å². The second-order valence-corrected chi connectivity index (χ2v) is 3.60. The van der Waals surface area contributed by atoms with Crippen LogP contribution in [0.15, 0.2) is 12.5 Å². The molecular weight excluding hydrogens is 202 g/mol. The Bertz CT molecular complexity index is 312. The fraction of sp³-hybridized carbons (Fsp3) is 0.667. The van der Waals surface area contributed by atoms with Crippen molar-refractivity contribution in [2.24, 2.45) is 0 Å². The molecule has 0 aliphatic rings. The lowest BCUT2D eigenvalue weighted by molar-refractivity contribution is 0.162. The van der Waals surface area contributed by atoms with Gasteiger partial charge >= 0.3 is 0 Å². The van der Waals surface area contributed by atoms with Crippen LogP contribution in [0.3, 0.4) is 0 Å². The molecule has 1 heterocycles. The quantitative estimate of drug-likeness (QED) is 0.788. The summed E-state index contributed by atoms with van der Waals surface area (Å²) in [6.07, 6.45) is 5.83. The number of hydrogen-bond acceptors (Lipinski definition) is 3. The lowest BCUT2D eigenvalue weighted by Gasteiger charge is -2.11. The Balaban J connectivity index is 0.000000487. The third-order valence-corrected chi connectivity index (χ3v) is 2.16. The molecule has 1 aromatic heterocycles. The van der Waals surface area contributed by atoms with Crippen molar-refractivity contribution in [3.8, 4) is 6.07 Å². The number of aromatic nitrogens is 2. The summed E-state index contributed by atoms with van der Waals surface area (Å²) in [5.41, 5.74) is 0.569. The van der Waals surface area contributed by atoms with Crippen LogP contribution in [0, 0.1) is 11.3 Å². The first-order valence-electron chi connectivity index (χ1n) is 5.62. The number of rotatable bonds is 4. The largest absolute Gasteiger partial charge is 0.383 e. The van der Waals surface area contributed by atoms with E-state index < -0.39 is 0 Å². The van der Waals surface area contributed by atoms with Gasteiger partial charge in [0.15, 0.2) is 0 Å². The number of unbranched alkanes of at least 4 members (excludes halogenated alkanes) is 1. The summed E-state index contributed by atoms with van der Waals surface area (Å²) < 4.78 is 6.76. The van der Waals surface area contributed by atoms with Gasteiger partial charge in [-0.05, 0) is 6.92 Å². The van der Waals surface area contributed by atoms with E-state index in [4.69, 9.17) is 10.00 Å². The fourth-order valence-electron chi connectivity index (χ4n) is 1.06. The molecular formula is C12H21N3O. The van der Waals surface area contributed by atoms with Crippen molar-refractivity contribution in [1.29, 1.82) is 5.26 Å². The average molecular weight is 223 g/mol. The summed E-state index contributed by atoms with van der Waals surface area (Å²) in [6.45, 7) is 6.93. The maximum atomic E-state index is 8.67. The average Bonchev–Trinajstić information content (AvgIpc) is 2.78. The SMILES string of the molecule is CCCC.COC[C@H](C)n1cncc1C#N. The van der Waals surface area contributed by atoms with Crippen molar-refractivity contribution in [2.45, 2.75) is 39.7 Å². The minimum atomic E-state index is 0.159. The molecule has 1 aromatic rings. The number of imidazole rings is 1.